The van der Waals surface area contributed by atoms with Crippen molar-refractivity contribution in [2.24, 2.45) is 28.6 Å². The minimum atomic E-state index is -0.504. The first-order valence-electron chi connectivity index (χ1n) is 20.3. The molecule has 7 rings (SSSR count). The van der Waals surface area contributed by atoms with E-state index >= 15 is 4.39 Å². The van der Waals surface area contributed by atoms with E-state index < -0.39 is 5.82 Å². The van der Waals surface area contributed by atoms with Crippen LogP contribution in [0.1, 0.15) is 70.7 Å². The number of nitrogens with two attached hydrogens (primary N) is 1. The van der Waals surface area contributed by atoms with Gasteiger partial charge in [-0.1, -0.05) is 33.8 Å². The molecule has 3 amide bonds. The lowest BCUT2D eigenvalue weighted by molar-refractivity contribution is -0.133. The summed E-state index contributed by atoms with van der Waals surface area (Å²) >= 11 is 0. The number of amidine groups is 1. The van der Waals surface area contributed by atoms with Crippen LogP contribution in [0.4, 0.5) is 16.0 Å². The Bertz CT molecular complexity index is 2060. The number of aromatic nitrogens is 4. The molecule has 1 aromatic carbocycles. The molecule has 0 bridgehead atoms. The van der Waals surface area contributed by atoms with Crippen molar-refractivity contribution in [1.82, 2.24) is 45.1 Å². The molecule has 0 radical (unpaired) electrons. The molecule has 2 saturated heterocycles. The molecule has 3 fully saturated rings. The summed E-state index contributed by atoms with van der Waals surface area (Å²) in [6.45, 7) is 15.5. The molecule has 1 saturated carbocycles. The molecule has 3 aliphatic heterocycles. The third kappa shape index (κ3) is 9.01. The summed E-state index contributed by atoms with van der Waals surface area (Å²) in [5, 5.41) is 11.0. The van der Waals surface area contributed by atoms with Crippen molar-refractivity contribution in [3.05, 3.63) is 65.6 Å². The van der Waals surface area contributed by atoms with Gasteiger partial charge in [0, 0.05) is 114 Å². The zero-order chi connectivity index (χ0) is 41.4. The average molecular weight is 797 g/mol. The van der Waals surface area contributed by atoms with Crippen LogP contribution in [0, 0.1) is 16.6 Å². The van der Waals surface area contributed by atoms with E-state index in [1.165, 1.54) is 13.0 Å². The standard InChI is InChI=1S/C42H57FN12O3/c1-27(56)55-14-11-34(32(24-55)37(44)49-35-8-7-28(19-33(35)43)30-22-47-51(6)23-30)48-31-9-12-53(13-10-31)36(57)25-52-15-17-54(18-16-52)40-45-20-29(21-46-40)38(58)50-39-41(2,3)26-42(39,4)5/h7-8,19-23,31,39,48H,9-18,24-26H2,1-6H3,(H2,44,49)(H,50,58). The second kappa shape index (κ2) is 16.5. The maximum absolute atomic E-state index is 15.3. The van der Waals surface area contributed by atoms with Gasteiger partial charge < -0.3 is 31.1 Å². The number of hydrogen-bond acceptors (Lipinski definition) is 10. The van der Waals surface area contributed by atoms with E-state index in [-0.39, 0.29) is 58.7 Å². The Morgan fingerprint density at radius 1 is 0.931 bits per heavy atom. The van der Waals surface area contributed by atoms with E-state index in [1.54, 1.807) is 47.4 Å². The fraction of sp³-hybridized carbons (Fsp3) is 0.548. The van der Waals surface area contributed by atoms with Crippen LogP contribution in [-0.2, 0) is 16.6 Å². The molecule has 0 unspecified atom stereocenters. The van der Waals surface area contributed by atoms with Gasteiger partial charge in [0.2, 0.25) is 17.8 Å². The Balaban J connectivity index is 0.895. The normalized spacial score (nSPS) is 20.5. The maximum Gasteiger partial charge on any atom is 0.254 e. The van der Waals surface area contributed by atoms with Crippen LogP contribution in [-0.4, -0.2) is 129 Å². The zero-order valence-corrected chi connectivity index (χ0v) is 34.6. The number of carbonyl (C=O) groups is 3. The maximum atomic E-state index is 15.3. The molecule has 0 atom stereocenters. The monoisotopic (exact) mass is 796 g/mol. The Kier molecular flexibility index (Phi) is 11.6. The number of hydrogen-bond donors (Lipinski definition) is 3. The summed E-state index contributed by atoms with van der Waals surface area (Å²) in [5.74, 6) is 0.144. The first kappa shape index (κ1) is 40.8. The van der Waals surface area contributed by atoms with Gasteiger partial charge in [0.1, 0.15) is 17.3 Å². The number of amides is 3. The lowest BCUT2D eigenvalue weighted by Crippen LogP contribution is -2.63. The number of carbonyl (C=O) groups excluding carboxylic acids is 3. The molecule has 5 heterocycles. The van der Waals surface area contributed by atoms with Crippen LogP contribution < -0.4 is 21.3 Å². The number of aliphatic imine (C=N–C) groups is 1. The van der Waals surface area contributed by atoms with E-state index in [9.17, 15) is 14.4 Å². The highest BCUT2D eigenvalue weighted by molar-refractivity contribution is 6.00. The molecule has 16 heteroatoms. The fourth-order valence-electron chi connectivity index (χ4n) is 9.40. The molecular formula is C42H57FN12O3. The predicted octanol–water partition coefficient (Wildman–Crippen LogP) is 3.47. The number of piperidine rings is 1. The Morgan fingerprint density at radius 3 is 2.22 bits per heavy atom. The number of aryl methyl sites for hydroxylation is 1. The third-order valence-corrected chi connectivity index (χ3v) is 12.2. The molecular weight excluding hydrogens is 740 g/mol. The number of piperazine rings is 1. The van der Waals surface area contributed by atoms with Crippen LogP contribution in [0.25, 0.3) is 11.1 Å². The van der Waals surface area contributed by atoms with Gasteiger partial charge in [0.25, 0.3) is 5.91 Å². The van der Waals surface area contributed by atoms with Crippen molar-refractivity contribution in [1.29, 1.82) is 0 Å². The number of benzene rings is 1. The van der Waals surface area contributed by atoms with Crippen LogP contribution in [0.2, 0.25) is 0 Å². The minimum Gasteiger partial charge on any atom is -0.385 e. The summed E-state index contributed by atoms with van der Waals surface area (Å²) in [5.41, 5.74) is 10.3. The van der Waals surface area contributed by atoms with Gasteiger partial charge in [0.05, 0.1) is 24.8 Å². The number of rotatable bonds is 10. The summed E-state index contributed by atoms with van der Waals surface area (Å²) in [7, 11) is 1.81. The molecule has 2 aromatic heterocycles. The Morgan fingerprint density at radius 2 is 1.62 bits per heavy atom. The molecule has 4 aliphatic rings. The summed E-state index contributed by atoms with van der Waals surface area (Å²) < 4.78 is 16.9. The number of anilines is 1. The molecule has 310 valence electrons. The van der Waals surface area contributed by atoms with E-state index in [2.05, 4.69) is 68.2 Å². The van der Waals surface area contributed by atoms with Crippen molar-refractivity contribution >= 4 is 35.2 Å². The smallest absolute Gasteiger partial charge is 0.254 e. The van der Waals surface area contributed by atoms with Crippen molar-refractivity contribution in [2.75, 3.05) is 63.8 Å². The quantitative estimate of drug-likeness (QED) is 0.204. The fourth-order valence-corrected chi connectivity index (χ4v) is 9.40. The van der Waals surface area contributed by atoms with Gasteiger partial charge in [-0.25, -0.2) is 19.4 Å². The second-order valence-corrected chi connectivity index (χ2v) is 17.6. The largest absolute Gasteiger partial charge is 0.385 e. The van der Waals surface area contributed by atoms with Gasteiger partial charge in [0.15, 0.2) is 0 Å². The van der Waals surface area contributed by atoms with Crippen molar-refractivity contribution in [3.63, 3.8) is 0 Å². The van der Waals surface area contributed by atoms with Crippen LogP contribution in [0.3, 0.4) is 0 Å². The predicted molar refractivity (Wildman–Crippen MR) is 221 cm³/mol. The lowest BCUT2D eigenvalue weighted by Gasteiger charge is -2.57. The summed E-state index contributed by atoms with van der Waals surface area (Å²) in [6.07, 6.45) is 9.84. The summed E-state index contributed by atoms with van der Waals surface area (Å²) in [6, 6.07) is 5.01. The number of nitrogens with zero attached hydrogens (tertiary/aromatic N) is 9. The van der Waals surface area contributed by atoms with E-state index in [1.807, 2.05) is 11.1 Å². The molecule has 0 spiro atoms. The van der Waals surface area contributed by atoms with Gasteiger partial charge in [-0.05, 0) is 47.8 Å². The van der Waals surface area contributed by atoms with Gasteiger partial charge in [-0.2, -0.15) is 5.10 Å². The van der Waals surface area contributed by atoms with Crippen LogP contribution in [0.5, 0.6) is 0 Å². The SMILES string of the molecule is CC(=O)N1CCC(NC2CCN(C(=O)CN3CCN(c4ncc(C(=O)NC5C(C)(C)CC5(C)C)cn4)CC3)CC2)=C(C(N)=Nc2ccc(-c3cnn(C)c3)cc2F)C1. The Labute approximate surface area is 339 Å². The van der Waals surface area contributed by atoms with Gasteiger partial charge in [-0.3, -0.25) is 24.0 Å². The number of likely N-dealkylation sites (tertiary alicyclic amines) is 1. The highest BCUT2D eigenvalue weighted by Gasteiger charge is 2.53. The number of nitrogens with one attached hydrogen (secondary N) is 2. The first-order chi connectivity index (χ1) is 27.6. The molecule has 3 aromatic rings. The Hall–Kier alpha value is -5.38. The highest BCUT2D eigenvalue weighted by Crippen LogP contribution is 2.53. The molecule has 58 heavy (non-hydrogen) atoms. The minimum absolute atomic E-state index is 0.0565. The highest BCUT2D eigenvalue weighted by atomic mass is 19.1. The second-order valence-electron chi connectivity index (χ2n) is 17.6. The summed E-state index contributed by atoms with van der Waals surface area (Å²) in [4.78, 5) is 60.2. The van der Waals surface area contributed by atoms with Crippen molar-refractivity contribution in [3.8, 4) is 11.1 Å². The first-order valence-corrected chi connectivity index (χ1v) is 20.3. The lowest BCUT2D eigenvalue weighted by atomic mass is 9.52. The van der Waals surface area contributed by atoms with Crippen LogP contribution >= 0.6 is 0 Å². The van der Waals surface area contributed by atoms with Gasteiger partial charge >= 0.3 is 0 Å². The van der Waals surface area contributed by atoms with E-state index in [0.717, 1.165) is 30.5 Å². The average Bonchev–Trinajstić information content (AvgIpc) is 3.63. The van der Waals surface area contributed by atoms with Crippen molar-refractivity contribution < 1.29 is 18.8 Å². The molecule has 15 nitrogen and oxygen atoms in total. The molecule has 1 aliphatic carbocycles. The zero-order valence-electron chi connectivity index (χ0n) is 34.6. The van der Waals surface area contributed by atoms with Gasteiger partial charge in [-0.15, -0.1) is 0 Å². The van der Waals surface area contributed by atoms with E-state index in [4.69, 9.17) is 5.73 Å². The third-order valence-electron chi connectivity index (χ3n) is 12.2. The number of halogens is 1. The molecule has 4 N–H and O–H groups in total. The van der Waals surface area contributed by atoms with Crippen molar-refractivity contribution in [2.45, 2.75) is 72.4 Å². The van der Waals surface area contributed by atoms with Crippen LogP contribution in [0.15, 0.2) is 59.2 Å². The van der Waals surface area contributed by atoms with E-state index in [0.29, 0.717) is 81.4 Å². The topological polar surface area (TPSA) is 170 Å².